The van der Waals surface area contributed by atoms with Gasteiger partial charge in [0.15, 0.2) is 5.88 Å². The summed E-state index contributed by atoms with van der Waals surface area (Å²) in [6, 6.07) is 8.37. The molecule has 0 unspecified atom stereocenters. The van der Waals surface area contributed by atoms with Crippen LogP contribution in [0.4, 0.5) is 0 Å². The second-order valence-electron chi connectivity index (χ2n) is 6.79. The quantitative estimate of drug-likeness (QED) is 0.217. The first-order valence-corrected chi connectivity index (χ1v) is 9.94. The van der Waals surface area contributed by atoms with Gasteiger partial charge in [-0.1, -0.05) is 54.3 Å². The average Bonchev–Trinajstić information content (AvgIpc) is 2.66. The maximum Gasteiger partial charge on any atom is 0.305 e. The lowest BCUT2D eigenvalue weighted by Crippen LogP contribution is -2.09. The predicted octanol–water partition coefficient (Wildman–Crippen LogP) is 5.42. The highest BCUT2D eigenvalue weighted by Gasteiger charge is 2.01. The zero-order valence-electron chi connectivity index (χ0n) is 17.3. The molecule has 0 atom stereocenters. The van der Waals surface area contributed by atoms with Gasteiger partial charge in [-0.25, -0.2) is 0 Å². The van der Waals surface area contributed by atoms with Crippen LogP contribution in [0.15, 0.2) is 47.9 Å². The fourth-order valence-corrected chi connectivity index (χ4v) is 2.61. The van der Waals surface area contributed by atoms with Crippen LogP contribution < -0.4 is 5.32 Å². The van der Waals surface area contributed by atoms with Crippen molar-refractivity contribution >= 4 is 5.97 Å². The van der Waals surface area contributed by atoms with Gasteiger partial charge < -0.3 is 14.8 Å². The van der Waals surface area contributed by atoms with Gasteiger partial charge in [-0.2, -0.15) is 0 Å². The molecule has 1 aromatic carbocycles. The Kier molecular flexibility index (Phi) is 11.7. The van der Waals surface area contributed by atoms with Crippen LogP contribution in [0.1, 0.15) is 63.5 Å². The summed E-state index contributed by atoms with van der Waals surface area (Å²) in [4.78, 5) is 11.3. The first-order chi connectivity index (χ1) is 13.0. The van der Waals surface area contributed by atoms with Crippen molar-refractivity contribution < 1.29 is 14.3 Å². The lowest BCUT2D eigenvalue weighted by atomic mass is 10.1. The number of esters is 1. The van der Waals surface area contributed by atoms with Gasteiger partial charge >= 0.3 is 5.97 Å². The minimum absolute atomic E-state index is 0.0797. The highest BCUT2D eigenvalue weighted by Crippen LogP contribution is 2.12. The molecule has 0 aliphatic carbocycles. The standard InChI is InChI=1S/C23H35NO3/c1-5-26-23(25)11-9-7-6-8-10-19(2)14-17-22(24-4)27-18-21-15-12-20(3)13-16-21/h12-17,24H,5-11,18H2,1-4H3/b19-14+,22-17+. The van der Waals surface area contributed by atoms with E-state index in [2.05, 4.69) is 49.5 Å². The van der Waals surface area contributed by atoms with Gasteiger partial charge in [0, 0.05) is 13.5 Å². The van der Waals surface area contributed by atoms with Crippen LogP contribution in [0.2, 0.25) is 0 Å². The molecule has 0 fully saturated rings. The highest BCUT2D eigenvalue weighted by molar-refractivity contribution is 5.69. The molecule has 0 heterocycles. The van der Waals surface area contributed by atoms with Crippen molar-refractivity contribution in [1.29, 1.82) is 0 Å². The van der Waals surface area contributed by atoms with Crippen LogP contribution in [0.25, 0.3) is 0 Å². The van der Waals surface area contributed by atoms with Crippen molar-refractivity contribution in [3.05, 3.63) is 59.0 Å². The molecule has 4 nitrogen and oxygen atoms in total. The summed E-state index contributed by atoms with van der Waals surface area (Å²) in [5, 5.41) is 3.09. The first-order valence-electron chi connectivity index (χ1n) is 9.94. The fourth-order valence-electron chi connectivity index (χ4n) is 2.61. The molecule has 0 radical (unpaired) electrons. The fraction of sp³-hybridized carbons (Fsp3) is 0.522. The van der Waals surface area contributed by atoms with Crippen molar-refractivity contribution in [3.63, 3.8) is 0 Å². The Morgan fingerprint density at radius 2 is 1.67 bits per heavy atom. The van der Waals surface area contributed by atoms with Gasteiger partial charge in [0.1, 0.15) is 6.61 Å². The number of rotatable bonds is 13. The summed E-state index contributed by atoms with van der Waals surface area (Å²) in [5.41, 5.74) is 3.74. The molecule has 0 bridgehead atoms. The third-order valence-electron chi connectivity index (χ3n) is 4.29. The number of carbonyl (C=O) groups is 1. The summed E-state index contributed by atoms with van der Waals surface area (Å²) in [7, 11) is 1.87. The molecule has 0 amide bonds. The van der Waals surface area contributed by atoms with E-state index in [1.165, 1.54) is 11.1 Å². The Balaban J connectivity index is 2.26. The van der Waals surface area contributed by atoms with Crippen molar-refractivity contribution in [2.75, 3.05) is 13.7 Å². The van der Waals surface area contributed by atoms with E-state index in [9.17, 15) is 4.79 Å². The molecule has 0 spiro atoms. The lowest BCUT2D eigenvalue weighted by molar-refractivity contribution is -0.143. The van der Waals surface area contributed by atoms with Crippen molar-refractivity contribution in [2.45, 2.75) is 65.9 Å². The van der Waals surface area contributed by atoms with Crippen LogP contribution in [0.5, 0.6) is 0 Å². The van der Waals surface area contributed by atoms with E-state index in [1.54, 1.807) is 0 Å². The molecule has 1 N–H and O–H groups in total. The maximum absolute atomic E-state index is 11.3. The van der Waals surface area contributed by atoms with Gasteiger partial charge in [-0.05, 0) is 51.7 Å². The number of nitrogens with one attached hydrogen (secondary N) is 1. The van der Waals surface area contributed by atoms with E-state index in [1.807, 2.05) is 20.0 Å². The van der Waals surface area contributed by atoms with Crippen LogP contribution in [0, 0.1) is 6.92 Å². The largest absolute Gasteiger partial charge is 0.474 e. The zero-order valence-corrected chi connectivity index (χ0v) is 17.3. The first kappa shape index (κ1) is 22.8. The number of aryl methyl sites for hydroxylation is 1. The van der Waals surface area contributed by atoms with Gasteiger partial charge in [0.2, 0.25) is 0 Å². The molecule has 0 aromatic heterocycles. The van der Waals surface area contributed by atoms with Crippen LogP contribution in [-0.4, -0.2) is 19.6 Å². The Labute approximate surface area is 164 Å². The monoisotopic (exact) mass is 373 g/mol. The molecule has 0 saturated heterocycles. The molecule has 1 aromatic rings. The SMILES string of the molecule is CCOC(=O)CCCCCC/C(C)=C/C=C(\NC)OCc1ccc(C)cc1. The lowest BCUT2D eigenvalue weighted by Gasteiger charge is -2.10. The molecule has 0 aliphatic rings. The zero-order chi connectivity index (χ0) is 19.9. The minimum Gasteiger partial charge on any atom is -0.474 e. The number of hydrogen-bond donors (Lipinski definition) is 1. The van der Waals surface area contributed by atoms with E-state index in [-0.39, 0.29) is 5.97 Å². The molecule has 1 rings (SSSR count). The number of hydrogen-bond acceptors (Lipinski definition) is 4. The van der Waals surface area contributed by atoms with Gasteiger partial charge in [-0.15, -0.1) is 0 Å². The van der Waals surface area contributed by atoms with Gasteiger partial charge in [0.05, 0.1) is 6.61 Å². The molecule has 0 aliphatic heterocycles. The number of ether oxygens (including phenoxy) is 2. The molecular weight excluding hydrogens is 338 g/mol. The smallest absolute Gasteiger partial charge is 0.305 e. The molecule has 4 heteroatoms. The Bertz CT molecular complexity index is 603. The molecular formula is C23H35NO3. The Hall–Kier alpha value is -2.23. The summed E-state index contributed by atoms with van der Waals surface area (Å²) in [6.07, 6.45) is 9.96. The van der Waals surface area contributed by atoms with Crippen molar-refractivity contribution in [3.8, 4) is 0 Å². The molecule has 0 saturated carbocycles. The topological polar surface area (TPSA) is 47.6 Å². The summed E-state index contributed by atoms with van der Waals surface area (Å²) in [6.45, 7) is 7.09. The average molecular weight is 374 g/mol. The van der Waals surface area contributed by atoms with Crippen LogP contribution >= 0.6 is 0 Å². The number of allylic oxidation sites excluding steroid dienone is 3. The summed E-state index contributed by atoms with van der Waals surface area (Å²) < 4.78 is 10.8. The number of benzene rings is 1. The number of carbonyl (C=O) groups excluding carboxylic acids is 1. The van der Waals surface area contributed by atoms with Crippen molar-refractivity contribution in [2.24, 2.45) is 0 Å². The molecule has 27 heavy (non-hydrogen) atoms. The Morgan fingerprint density at radius 3 is 2.30 bits per heavy atom. The van der Waals surface area contributed by atoms with Gasteiger partial charge in [-0.3, -0.25) is 4.79 Å². The minimum atomic E-state index is -0.0797. The Morgan fingerprint density at radius 1 is 1.00 bits per heavy atom. The van der Waals surface area contributed by atoms with E-state index in [4.69, 9.17) is 9.47 Å². The number of unbranched alkanes of at least 4 members (excludes halogenated alkanes) is 3. The third-order valence-corrected chi connectivity index (χ3v) is 4.29. The van der Waals surface area contributed by atoms with E-state index in [0.29, 0.717) is 19.6 Å². The molecule has 150 valence electrons. The van der Waals surface area contributed by atoms with E-state index < -0.39 is 0 Å². The predicted molar refractivity (Wildman–Crippen MR) is 111 cm³/mol. The van der Waals surface area contributed by atoms with Gasteiger partial charge in [0.25, 0.3) is 0 Å². The second-order valence-corrected chi connectivity index (χ2v) is 6.79. The normalized spacial score (nSPS) is 12.0. The van der Waals surface area contributed by atoms with E-state index in [0.717, 1.165) is 43.6 Å². The second kappa shape index (κ2) is 13.9. The van der Waals surface area contributed by atoms with E-state index >= 15 is 0 Å². The van der Waals surface area contributed by atoms with Crippen molar-refractivity contribution in [1.82, 2.24) is 5.32 Å². The van der Waals surface area contributed by atoms with Crippen LogP contribution in [0.3, 0.4) is 0 Å². The van der Waals surface area contributed by atoms with Crippen LogP contribution in [-0.2, 0) is 20.9 Å². The summed E-state index contributed by atoms with van der Waals surface area (Å²) >= 11 is 0. The summed E-state index contributed by atoms with van der Waals surface area (Å²) in [5.74, 6) is 0.688. The maximum atomic E-state index is 11.3. The third kappa shape index (κ3) is 11.2. The highest BCUT2D eigenvalue weighted by atomic mass is 16.5.